The van der Waals surface area contributed by atoms with Gasteiger partial charge in [-0.05, 0) is 42.5 Å². The zero-order valence-corrected chi connectivity index (χ0v) is 11.5. The molecular weight excluding hydrogens is 258 g/mol. The van der Waals surface area contributed by atoms with Gasteiger partial charge >= 0.3 is 5.97 Å². The third-order valence-corrected chi connectivity index (χ3v) is 4.18. The Labute approximate surface area is 117 Å². The number of carbonyl (C=O) groups excluding carboxylic acids is 1. The van der Waals surface area contributed by atoms with Gasteiger partial charge in [-0.3, -0.25) is 9.59 Å². The molecule has 1 amide bonds. The van der Waals surface area contributed by atoms with Crippen molar-refractivity contribution in [2.24, 2.45) is 5.92 Å². The fourth-order valence-electron chi connectivity index (χ4n) is 3.20. The molecule has 1 saturated carbocycles. The number of rotatable bonds is 3. The smallest absolute Gasteiger partial charge is 0.313 e. The Morgan fingerprint density at radius 2 is 2.05 bits per heavy atom. The molecule has 3 rings (SSSR count). The van der Waals surface area contributed by atoms with E-state index in [9.17, 15) is 14.7 Å². The standard InChI is InChI=1S/C15H17NO4/c1-8(17)16-12-6-5-10(20-2)7-11(12)13(15(18)19)14(16)9-3-4-9/h5-7,9,13-14H,3-4H2,1-2H3,(H,18,19). The van der Waals surface area contributed by atoms with E-state index >= 15 is 0 Å². The van der Waals surface area contributed by atoms with Gasteiger partial charge in [0, 0.05) is 12.6 Å². The molecule has 2 aliphatic rings. The molecule has 0 spiro atoms. The number of amides is 1. The van der Waals surface area contributed by atoms with Crippen LogP contribution in [0.3, 0.4) is 0 Å². The molecule has 1 aliphatic carbocycles. The molecular formula is C15H17NO4. The lowest BCUT2D eigenvalue weighted by Crippen LogP contribution is -2.41. The number of fused-ring (bicyclic) bond motifs is 1. The minimum Gasteiger partial charge on any atom is -0.497 e. The number of anilines is 1. The van der Waals surface area contributed by atoms with E-state index in [1.807, 2.05) is 0 Å². The van der Waals surface area contributed by atoms with Crippen molar-refractivity contribution in [2.75, 3.05) is 12.0 Å². The van der Waals surface area contributed by atoms with E-state index in [2.05, 4.69) is 0 Å². The number of ether oxygens (including phenoxy) is 1. The summed E-state index contributed by atoms with van der Waals surface area (Å²) in [6, 6.07) is 5.04. The van der Waals surface area contributed by atoms with Crippen molar-refractivity contribution in [1.82, 2.24) is 0 Å². The molecule has 1 aliphatic heterocycles. The molecule has 0 aromatic heterocycles. The highest BCUT2D eigenvalue weighted by molar-refractivity contribution is 5.99. The van der Waals surface area contributed by atoms with Gasteiger partial charge in [0.1, 0.15) is 11.7 Å². The van der Waals surface area contributed by atoms with Crippen molar-refractivity contribution in [2.45, 2.75) is 31.7 Å². The summed E-state index contributed by atoms with van der Waals surface area (Å²) in [6.07, 6.45) is 1.98. The Kier molecular flexibility index (Phi) is 2.92. The maximum absolute atomic E-state index is 12.0. The van der Waals surface area contributed by atoms with Crippen LogP contribution >= 0.6 is 0 Å². The zero-order chi connectivity index (χ0) is 14.4. The molecule has 5 nitrogen and oxygen atoms in total. The number of aliphatic carboxylic acids is 1. The molecule has 0 bridgehead atoms. The number of hydrogen-bond donors (Lipinski definition) is 1. The van der Waals surface area contributed by atoms with E-state index in [4.69, 9.17) is 4.74 Å². The SMILES string of the molecule is COc1ccc2c(c1)C(C(=O)O)C(C1CC1)N2C(C)=O. The van der Waals surface area contributed by atoms with Crippen LogP contribution in [-0.2, 0) is 9.59 Å². The van der Waals surface area contributed by atoms with E-state index < -0.39 is 11.9 Å². The van der Waals surface area contributed by atoms with Gasteiger partial charge in [0.15, 0.2) is 0 Å². The number of methoxy groups -OCH3 is 1. The molecule has 0 saturated heterocycles. The normalized spacial score (nSPS) is 24.4. The second kappa shape index (κ2) is 4.51. The van der Waals surface area contributed by atoms with Crippen molar-refractivity contribution in [1.29, 1.82) is 0 Å². The van der Waals surface area contributed by atoms with E-state index in [0.29, 0.717) is 22.9 Å². The van der Waals surface area contributed by atoms with E-state index in [1.54, 1.807) is 30.2 Å². The first-order valence-electron chi connectivity index (χ1n) is 6.75. The van der Waals surface area contributed by atoms with Crippen LogP contribution in [0.2, 0.25) is 0 Å². The number of nitrogens with zero attached hydrogens (tertiary/aromatic N) is 1. The van der Waals surface area contributed by atoms with Crippen LogP contribution in [0.15, 0.2) is 18.2 Å². The van der Waals surface area contributed by atoms with Crippen LogP contribution in [0, 0.1) is 5.92 Å². The number of carbonyl (C=O) groups is 2. The van der Waals surface area contributed by atoms with Crippen molar-refractivity contribution in [3.8, 4) is 5.75 Å². The first-order chi connectivity index (χ1) is 9.54. The van der Waals surface area contributed by atoms with Crippen molar-refractivity contribution < 1.29 is 19.4 Å². The first kappa shape index (κ1) is 13.0. The van der Waals surface area contributed by atoms with Gasteiger partial charge in [-0.25, -0.2) is 0 Å². The van der Waals surface area contributed by atoms with Crippen LogP contribution < -0.4 is 9.64 Å². The van der Waals surface area contributed by atoms with Crippen molar-refractivity contribution in [3.63, 3.8) is 0 Å². The monoisotopic (exact) mass is 275 g/mol. The van der Waals surface area contributed by atoms with Gasteiger partial charge in [-0.2, -0.15) is 0 Å². The summed E-state index contributed by atoms with van der Waals surface area (Å²) in [4.78, 5) is 25.3. The summed E-state index contributed by atoms with van der Waals surface area (Å²) in [7, 11) is 1.55. The molecule has 2 unspecified atom stereocenters. The van der Waals surface area contributed by atoms with Gasteiger partial charge in [0.25, 0.3) is 0 Å². The molecule has 0 radical (unpaired) electrons. The van der Waals surface area contributed by atoms with Crippen LogP contribution in [0.25, 0.3) is 0 Å². The minimum atomic E-state index is -0.875. The third-order valence-electron chi connectivity index (χ3n) is 4.18. The molecule has 5 heteroatoms. The topological polar surface area (TPSA) is 66.8 Å². The van der Waals surface area contributed by atoms with E-state index in [1.165, 1.54) is 6.92 Å². The number of carboxylic acids is 1. The molecule has 1 fully saturated rings. The lowest BCUT2D eigenvalue weighted by molar-refractivity contribution is -0.139. The number of carboxylic acid groups (broad SMARTS) is 1. The maximum atomic E-state index is 12.0. The molecule has 2 atom stereocenters. The maximum Gasteiger partial charge on any atom is 0.313 e. The summed E-state index contributed by atoms with van der Waals surface area (Å²) in [5.74, 6) is -0.720. The predicted molar refractivity (Wildman–Crippen MR) is 73.0 cm³/mol. The van der Waals surface area contributed by atoms with Gasteiger partial charge in [-0.1, -0.05) is 0 Å². The molecule has 1 heterocycles. The Morgan fingerprint density at radius 1 is 1.35 bits per heavy atom. The van der Waals surface area contributed by atoms with Crippen LogP contribution in [-0.4, -0.2) is 30.1 Å². The predicted octanol–water partition coefficient (Wildman–Crippen LogP) is 2.01. The van der Waals surface area contributed by atoms with Crippen molar-refractivity contribution >= 4 is 17.6 Å². The fraction of sp³-hybridized carbons (Fsp3) is 0.467. The van der Waals surface area contributed by atoms with E-state index in [-0.39, 0.29) is 11.9 Å². The molecule has 1 aromatic rings. The molecule has 20 heavy (non-hydrogen) atoms. The summed E-state index contributed by atoms with van der Waals surface area (Å²) in [5.41, 5.74) is 1.39. The largest absolute Gasteiger partial charge is 0.497 e. The zero-order valence-electron chi connectivity index (χ0n) is 11.5. The van der Waals surface area contributed by atoms with Crippen molar-refractivity contribution in [3.05, 3.63) is 23.8 Å². The number of benzene rings is 1. The Morgan fingerprint density at radius 3 is 2.55 bits per heavy atom. The molecule has 1 aromatic carbocycles. The van der Waals surface area contributed by atoms with Gasteiger partial charge in [-0.15, -0.1) is 0 Å². The van der Waals surface area contributed by atoms with Crippen LogP contribution in [0.5, 0.6) is 5.75 Å². The van der Waals surface area contributed by atoms with Crippen LogP contribution in [0.4, 0.5) is 5.69 Å². The Balaban J connectivity index is 2.14. The van der Waals surface area contributed by atoms with Gasteiger partial charge < -0.3 is 14.7 Å². The highest BCUT2D eigenvalue weighted by Gasteiger charge is 2.51. The summed E-state index contributed by atoms with van der Waals surface area (Å²) >= 11 is 0. The summed E-state index contributed by atoms with van der Waals surface area (Å²) in [6.45, 7) is 1.49. The second-order valence-corrected chi connectivity index (χ2v) is 5.46. The Bertz CT molecular complexity index is 579. The van der Waals surface area contributed by atoms with Gasteiger partial charge in [0.2, 0.25) is 5.91 Å². The Hall–Kier alpha value is -2.04. The molecule has 106 valence electrons. The quantitative estimate of drug-likeness (QED) is 0.916. The highest BCUT2D eigenvalue weighted by Crippen LogP contribution is 2.51. The average molecular weight is 275 g/mol. The fourth-order valence-corrected chi connectivity index (χ4v) is 3.20. The summed E-state index contributed by atoms with van der Waals surface area (Å²) < 4.78 is 5.18. The average Bonchev–Trinajstić information content (AvgIpc) is 3.18. The molecule has 1 N–H and O–H groups in total. The minimum absolute atomic E-state index is 0.0999. The second-order valence-electron chi connectivity index (χ2n) is 5.46. The van der Waals surface area contributed by atoms with Gasteiger partial charge in [0.05, 0.1) is 13.2 Å². The van der Waals surface area contributed by atoms with E-state index in [0.717, 1.165) is 12.8 Å². The summed E-state index contributed by atoms with van der Waals surface area (Å²) in [5, 5.41) is 9.59. The highest BCUT2D eigenvalue weighted by atomic mass is 16.5. The van der Waals surface area contributed by atoms with Crippen LogP contribution in [0.1, 0.15) is 31.2 Å². The lowest BCUT2D eigenvalue weighted by atomic mass is 9.92. The first-order valence-corrected chi connectivity index (χ1v) is 6.75. The number of hydrogen-bond acceptors (Lipinski definition) is 3. The lowest BCUT2D eigenvalue weighted by Gasteiger charge is -2.26. The third kappa shape index (κ3) is 1.85.